The summed E-state index contributed by atoms with van der Waals surface area (Å²) in [7, 11) is 0. The number of carbonyl (C=O) groups is 2. The van der Waals surface area contributed by atoms with E-state index in [-0.39, 0.29) is 17.2 Å². The van der Waals surface area contributed by atoms with Crippen LogP contribution >= 0.6 is 23.1 Å². The highest BCUT2D eigenvalue weighted by molar-refractivity contribution is 8.02. The third-order valence-electron chi connectivity index (χ3n) is 2.74. The summed E-state index contributed by atoms with van der Waals surface area (Å²) in [5.41, 5.74) is 5.84. The molecule has 1 unspecified atom stereocenters. The Kier molecular flexibility index (Phi) is 5.34. The number of amides is 1. The number of thioether (sulfide) groups is 1. The first-order chi connectivity index (χ1) is 10.5. The molecule has 0 radical (unpaired) electrons. The van der Waals surface area contributed by atoms with Crippen LogP contribution in [0.4, 0.5) is 10.8 Å². The Morgan fingerprint density at radius 1 is 1.41 bits per heavy atom. The number of benzene rings is 1. The number of carboxylic acid groups (broad SMARTS) is 1. The van der Waals surface area contributed by atoms with Gasteiger partial charge in [-0.25, -0.2) is 4.79 Å². The monoisotopic (exact) mass is 338 g/mol. The maximum absolute atomic E-state index is 12.3. The van der Waals surface area contributed by atoms with E-state index in [9.17, 15) is 9.59 Å². The molecule has 0 spiro atoms. The largest absolute Gasteiger partial charge is 0.478 e. The number of nitrogens with zero attached hydrogens (tertiary/aromatic N) is 2. The fourth-order valence-electron chi connectivity index (χ4n) is 1.70. The molecule has 9 heteroatoms. The molecule has 0 bridgehead atoms. The second-order valence-electron chi connectivity index (χ2n) is 4.26. The molecule has 0 aliphatic rings. The molecule has 1 aromatic carbocycles. The highest BCUT2D eigenvalue weighted by Crippen LogP contribution is 2.30. The minimum absolute atomic E-state index is 0.0517. The normalized spacial score (nSPS) is 11.9. The van der Waals surface area contributed by atoms with Gasteiger partial charge in [-0.2, -0.15) is 0 Å². The van der Waals surface area contributed by atoms with Crippen molar-refractivity contribution in [3.05, 3.63) is 29.8 Å². The van der Waals surface area contributed by atoms with Crippen LogP contribution in [0.15, 0.2) is 28.6 Å². The van der Waals surface area contributed by atoms with Crippen molar-refractivity contribution in [3.8, 4) is 0 Å². The number of hydrogen-bond donors (Lipinski definition) is 3. The quantitative estimate of drug-likeness (QED) is 0.692. The number of hydrogen-bond acceptors (Lipinski definition) is 7. The predicted octanol–water partition coefficient (Wildman–Crippen LogP) is 2.33. The van der Waals surface area contributed by atoms with E-state index in [4.69, 9.17) is 10.8 Å². The molecule has 1 aromatic heterocycles. The molecule has 0 aliphatic heterocycles. The van der Waals surface area contributed by atoms with E-state index >= 15 is 0 Å². The van der Waals surface area contributed by atoms with Gasteiger partial charge in [-0.3, -0.25) is 4.79 Å². The van der Waals surface area contributed by atoms with Gasteiger partial charge in [0.2, 0.25) is 11.0 Å². The third-order valence-corrected chi connectivity index (χ3v) is 4.94. The van der Waals surface area contributed by atoms with Crippen LogP contribution in [-0.4, -0.2) is 32.4 Å². The van der Waals surface area contributed by atoms with Gasteiger partial charge < -0.3 is 16.2 Å². The van der Waals surface area contributed by atoms with Gasteiger partial charge in [0.25, 0.3) is 0 Å². The van der Waals surface area contributed by atoms with Gasteiger partial charge in [0.1, 0.15) is 0 Å². The van der Waals surface area contributed by atoms with Crippen molar-refractivity contribution < 1.29 is 14.7 Å². The molecular formula is C13H14N4O3S2. The van der Waals surface area contributed by atoms with Gasteiger partial charge in [-0.15, -0.1) is 10.2 Å². The van der Waals surface area contributed by atoms with Crippen molar-refractivity contribution in [1.82, 2.24) is 10.2 Å². The van der Waals surface area contributed by atoms with Crippen molar-refractivity contribution >= 4 is 45.8 Å². The number of aromatic carboxylic acids is 1. The van der Waals surface area contributed by atoms with Crippen LogP contribution in [0.5, 0.6) is 0 Å². The number of nitrogens with two attached hydrogens (primary N) is 1. The lowest BCUT2D eigenvalue weighted by Gasteiger charge is -2.14. The van der Waals surface area contributed by atoms with E-state index in [1.165, 1.54) is 29.2 Å². The van der Waals surface area contributed by atoms with Crippen LogP contribution in [0, 0.1) is 0 Å². The first kappa shape index (κ1) is 16.2. The van der Waals surface area contributed by atoms with Crippen molar-refractivity contribution in [2.75, 3.05) is 11.1 Å². The SMILES string of the molecule is CCC(Sc1nnc(N)s1)C(=O)Nc1ccccc1C(=O)O. The van der Waals surface area contributed by atoms with Crippen LogP contribution in [-0.2, 0) is 4.79 Å². The number of anilines is 2. The number of nitrogens with one attached hydrogen (secondary N) is 1. The van der Waals surface area contributed by atoms with Crippen molar-refractivity contribution in [2.45, 2.75) is 22.9 Å². The van der Waals surface area contributed by atoms with Gasteiger partial charge >= 0.3 is 5.97 Å². The summed E-state index contributed by atoms with van der Waals surface area (Å²) in [4.78, 5) is 23.5. The number of rotatable bonds is 6. The Morgan fingerprint density at radius 2 is 2.14 bits per heavy atom. The van der Waals surface area contributed by atoms with E-state index in [0.717, 1.165) is 0 Å². The highest BCUT2D eigenvalue weighted by atomic mass is 32.2. The second-order valence-corrected chi connectivity index (χ2v) is 6.72. The average molecular weight is 338 g/mol. The van der Waals surface area contributed by atoms with Gasteiger partial charge in [-0.05, 0) is 18.6 Å². The molecule has 1 atom stereocenters. The molecule has 0 fully saturated rings. The van der Waals surface area contributed by atoms with Crippen LogP contribution < -0.4 is 11.1 Å². The second kappa shape index (κ2) is 7.23. The van der Waals surface area contributed by atoms with Gasteiger partial charge in [0.05, 0.1) is 16.5 Å². The average Bonchev–Trinajstić information content (AvgIpc) is 2.90. The van der Waals surface area contributed by atoms with Crippen molar-refractivity contribution in [1.29, 1.82) is 0 Å². The Bertz CT molecular complexity index is 689. The smallest absolute Gasteiger partial charge is 0.337 e. The summed E-state index contributed by atoms with van der Waals surface area (Å²) >= 11 is 2.46. The lowest BCUT2D eigenvalue weighted by molar-refractivity contribution is -0.115. The molecule has 2 aromatic rings. The maximum atomic E-state index is 12.3. The van der Waals surface area contributed by atoms with E-state index in [2.05, 4.69) is 15.5 Å². The zero-order chi connectivity index (χ0) is 16.1. The molecule has 116 valence electrons. The lowest BCUT2D eigenvalue weighted by atomic mass is 10.1. The number of aromatic nitrogens is 2. The summed E-state index contributed by atoms with van der Waals surface area (Å²) in [5, 5.41) is 19.3. The van der Waals surface area contributed by atoms with Crippen LogP contribution in [0.1, 0.15) is 23.7 Å². The first-order valence-corrected chi connectivity index (χ1v) is 8.09. The molecule has 1 heterocycles. The molecule has 7 nitrogen and oxygen atoms in total. The molecule has 1 amide bonds. The highest BCUT2D eigenvalue weighted by Gasteiger charge is 2.21. The third kappa shape index (κ3) is 3.95. The standard InChI is InChI=1S/C13H14N4O3S2/c1-2-9(21-13-17-16-12(14)22-13)10(18)15-8-6-4-3-5-7(8)11(19)20/h3-6,9H,2H2,1H3,(H2,14,16)(H,15,18)(H,19,20). The fourth-order valence-corrected chi connectivity index (χ4v) is 3.51. The van der Waals surface area contributed by atoms with Crippen molar-refractivity contribution in [2.24, 2.45) is 0 Å². The zero-order valence-electron chi connectivity index (χ0n) is 11.6. The van der Waals surface area contributed by atoms with E-state index in [0.29, 0.717) is 15.9 Å². The fraction of sp³-hybridized carbons (Fsp3) is 0.231. The summed E-state index contributed by atoms with van der Waals surface area (Å²) in [6.07, 6.45) is 0.561. The van der Waals surface area contributed by atoms with Gasteiger partial charge in [-0.1, -0.05) is 42.2 Å². The molecule has 22 heavy (non-hydrogen) atoms. The number of carboxylic acids is 1. The first-order valence-electron chi connectivity index (χ1n) is 6.40. The summed E-state index contributed by atoms with van der Waals surface area (Å²) in [5.74, 6) is -1.37. The molecule has 0 saturated carbocycles. The van der Waals surface area contributed by atoms with E-state index < -0.39 is 11.2 Å². The number of carbonyl (C=O) groups excluding carboxylic acids is 1. The zero-order valence-corrected chi connectivity index (χ0v) is 13.3. The lowest BCUT2D eigenvalue weighted by Crippen LogP contribution is -2.25. The predicted molar refractivity (Wildman–Crippen MR) is 86.3 cm³/mol. The van der Waals surface area contributed by atoms with E-state index in [1.807, 2.05) is 6.92 Å². The summed E-state index contributed by atoms with van der Waals surface area (Å²) in [6.45, 7) is 1.87. The van der Waals surface area contributed by atoms with Gasteiger partial charge in [0.15, 0.2) is 4.34 Å². The number of nitrogen functional groups attached to an aromatic ring is 1. The van der Waals surface area contributed by atoms with E-state index in [1.54, 1.807) is 18.2 Å². The maximum Gasteiger partial charge on any atom is 0.337 e. The van der Waals surface area contributed by atoms with Crippen LogP contribution in [0.25, 0.3) is 0 Å². The Balaban J connectivity index is 2.11. The minimum Gasteiger partial charge on any atom is -0.478 e. The van der Waals surface area contributed by atoms with Crippen LogP contribution in [0.2, 0.25) is 0 Å². The molecule has 2 rings (SSSR count). The Labute approximate surface area is 134 Å². The Morgan fingerprint density at radius 3 is 2.73 bits per heavy atom. The molecule has 0 saturated heterocycles. The van der Waals surface area contributed by atoms with Crippen LogP contribution in [0.3, 0.4) is 0 Å². The summed E-state index contributed by atoms with van der Waals surface area (Å²) < 4.78 is 0.603. The molecule has 0 aliphatic carbocycles. The molecule has 4 N–H and O–H groups in total. The minimum atomic E-state index is -1.09. The van der Waals surface area contributed by atoms with Gasteiger partial charge in [0, 0.05) is 0 Å². The molecular weight excluding hydrogens is 324 g/mol. The topological polar surface area (TPSA) is 118 Å². The van der Waals surface area contributed by atoms with Crippen molar-refractivity contribution in [3.63, 3.8) is 0 Å². The summed E-state index contributed by atoms with van der Waals surface area (Å²) in [6, 6.07) is 6.27. The Hall–Kier alpha value is -2.13. The number of para-hydroxylation sites is 1.